The summed E-state index contributed by atoms with van der Waals surface area (Å²) in [5.74, 6) is -7.30. The Labute approximate surface area is 103 Å². The van der Waals surface area contributed by atoms with Crippen LogP contribution in [0.3, 0.4) is 0 Å². The van der Waals surface area contributed by atoms with Crippen molar-refractivity contribution in [2.45, 2.75) is 0 Å². The predicted octanol–water partition coefficient (Wildman–Crippen LogP) is -2.52. The number of hydrogen-bond acceptors (Lipinski definition) is 4. The van der Waals surface area contributed by atoms with E-state index in [1.54, 1.807) is 0 Å². The molecule has 0 saturated carbocycles. The standard InChI is InChI=1S/2C2H2O4.2Co.H2O/c2*3-1(4)2(5)6;;;/h2*(H,3,4)(H,5,6);;;1H2. The molecule has 0 spiro atoms. The van der Waals surface area contributed by atoms with Crippen molar-refractivity contribution in [1.29, 1.82) is 0 Å². The number of rotatable bonds is 0. The summed E-state index contributed by atoms with van der Waals surface area (Å²) in [5, 5.41) is 29.6. The quantitative estimate of drug-likeness (QED) is 0.353. The van der Waals surface area contributed by atoms with Crippen LogP contribution in [-0.4, -0.2) is 49.8 Å². The van der Waals surface area contributed by atoms with Gasteiger partial charge >= 0.3 is 23.9 Å². The minimum atomic E-state index is -1.82. The Kier molecular flexibility index (Phi) is 29.8. The van der Waals surface area contributed by atoms with E-state index in [1.807, 2.05) is 0 Å². The molecule has 0 aromatic heterocycles. The molecule has 0 aliphatic rings. The van der Waals surface area contributed by atoms with E-state index in [1.165, 1.54) is 0 Å². The van der Waals surface area contributed by atoms with Crippen molar-refractivity contribution in [2.75, 3.05) is 0 Å². The van der Waals surface area contributed by atoms with E-state index in [2.05, 4.69) is 0 Å². The Hall–Kier alpha value is -1.15. The van der Waals surface area contributed by atoms with Crippen LogP contribution in [-0.2, 0) is 52.7 Å². The normalized spacial score (nSPS) is 5.87. The van der Waals surface area contributed by atoms with Gasteiger partial charge in [-0.3, -0.25) is 0 Å². The molecule has 9 nitrogen and oxygen atoms in total. The molecule has 0 fully saturated rings. The van der Waals surface area contributed by atoms with Gasteiger partial charge in [0.15, 0.2) is 0 Å². The summed E-state index contributed by atoms with van der Waals surface area (Å²) >= 11 is 0. The van der Waals surface area contributed by atoms with Crippen LogP contribution in [0.15, 0.2) is 0 Å². The number of carboxylic acids is 4. The summed E-state index contributed by atoms with van der Waals surface area (Å²) in [6.07, 6.45) is 0. The molecule has 0 aliphatic heterocycles. The molecule has 0 atom stereocenters. The fourth-order valence-electron chi connectivity index (χ4n) is 0. The third-order valence-corrected chi connectivity index (χ3v) is 0.366. The van der Waals surface area contributed by atoms with Crippen LogP contribution in [0.4, 0.5) is 0 Å². The number of carboxylic acid groups (broad SMARTS) is 4. The van der Waals surface area contributed by atoms with Crippen LogP contribution in [0.25, 0.3) is 0 Å². The van der Waals surface area contributed by atoms with E-state index in [9.17, 15) is 0 Å². The first kappa shape index (κ1) is 29.2. The van der Waals surface area contributed by atoms with E-state index in [-0.39, 0.29) is 39.0 Å². The van der Waals surface area contributed by atoms with Gasteiger partial charge in [-0.05, 0) is 0 Å². The van der Waals surface area contributed by atoms with Crippen molar-refractivity contribution in [2.24, 2.45) is 0 Å². The molecule has 0 aromatic carbocycles. The van der Waals surface area contributed by atoms with Gasteiger partial charge in [0.1, 0.15) is 0 Å². The number of hydrogen-bond donors (Lipinski definition) is 4. The van der Waals surface area contributed by atoms with Gasteiger partial charge in [0.2, 0.25) is 0 Å². The van der Waals surface area contributed by atoms with Gasteiger partial charge in [0, 0.05) is 33.6 Å². The van der Waals surface area contributed by atoms with Crippen LogP contribution >= 0.6 is 0 Å². The molecule has 0 rings (SSSR count). The molecule has 0 unspecified atom stereocenters. The average Bonchev–Trinajstić information content (AvgIpc) is 1.88. The molecule has 0 heterocycles. The van der Waals surface area contributed by atoms with Crippen LogP contribution < -0.4 is 0 Å². The first-order chi connectivity index (χ1) is 5.29. The Morgan fingerprint density at radius 2 is 0.600 bits per heavy atom. The summed E-state index contributed by atoms with van der Waals surface area (Å²) in [4.78, 5) is 36.4. The largest absolute Gasteiger partial charge is 0.473 e. The van der Waals surface area contributed by atoms with E-state index in [0.717, 1.165) is 0 Å². The van der Waals surface area contributed by atoms with E-state index in [4.69, 9.17) is 39.6 Å². The molecule has 0 amide bonds. The van der Waals surface area contributed by atoms with Crippen LogP contribution in [0.2, 0.25) is 0 Å². The Morgan fingerprint density at radius 3 is 0.600 bits per heavy atom. The smallest absolute Gasteiger partial charge is 0.414 e. The second-order valence-corrected chi connectivity index (χ2v) is 1.22. The SMILES string of the molecule is O.O=C(O)C(=O)O.O=C(O)C(=O)O.[Co].[Co]. The van der Waals surface area contributed by atoms with Crippen molar-refractivity contribution < 1.29 is 78.6 Å². The maximum Gasteiger partial charge on any atom is 0.414 e. The monoisotopic (exact) mass is 316 g/mol. The summed E-state index contributed by atoms with van der Waals surface area (Å²) in [6.45, 7) is 0. The fourth-order valence-corrected chi connectivity index (χ4v) is 0. The molecule has 15 heavy (non-hydrogen) atoms. The van der Waals surface area contributed by atoms with Gasteiger partial charge in [-0.2, -0.15) is 0 Å². The van der Waals surface area contributed by atoms with Gasteiger partial charge < -0.3 is 25.9 Å². The molecule has 0 bridgehead atoms. The summed E-state index contributed by atoms with van der Waals surface area (Å²) in [5.41, 5.74) is 0. The van der Waals surface area contributed by atoms with Crippen molar-refractivity contribution in [3.05, 3.63) is 0 Å². The molecule has 0 aromatic rings. The van der Waals surface area contributed by atoms with Crippen LogP contribution in [0, 0.1) is 0 Å². The molecule has 0 aliphatic carbocycles. The summed E-state index contributed by atoms with van der Waals surface area (Å²) < 4.78 is 0. The van der Waals surface area contributed by atoms with Gasteiger partial charge in [-0.25, -0.2) is 19.2 Å². The van der Waals surface area contributed by atoms with E-state index < -0.39 is 23.9 Å². The van der Waals surface area contributed by atoms with Crippen molar-refractivity contribution in [3.8, 4) is 0 Å². The van der Waals surface area contributed by atoms with E-state index >= 15 is 0 Å². The minimum Gasteiger partial charge on any atom is -0.473 e. The second kappa shape index (κ2) is 15.3. The third kappa shape index (κ3) is 32.2. The predicted molar refractivity (Wildman–Crippen MR) is 34.2 cm³/mol. The Bertz CT molecular complexity index is 176. The fraction of sp³-hybridized carbons (Fsp3) is 0. The van der Waals surface area contributed by atoms with Crippen molar-refractivity contribution in [3.63, 3.8) is 0 Å². The Morgan fingerprint density at radius 1 is 0.533 bits per heavy atom. The van der Waals surface area contributed by atoms with Crippen LogP contribution in [0.1, 0.15) is 0 Å². The molecule has 6 N–H and O–H groups in total. The van der Waals surface area contributed by atoms with Crippen molar-refractivity contribution >= 4 is 23.9 Å². The molecule has 0 saturated heterocycles. The van der Waals surface area contributed by atoms with Crippen molar-refractivity contribution in [1.82, 2.24) is 0 Å². The first-order valence-electron chi connectivity index (χ1n) is 2.21. The van der Waals surface area contributed by atoms with Gasteiger partial charge in [0.25, 0.3) is 0 Å². The van der Waals surface area contributed by atoms with Gasteiger partial charge in [-0.1, -0.05) is 0 Å². The Balaban J connectivity index is -0.0000000370. The maximum absolute atomic E-state index is 9.10. The first-order valence-corrected chi connectivity index (χ1v) is 2.21. The van der Waals surface area contributed by atoms with Gasteiger partial charge in [0.05, 0.1) is 0 Å². The molecule has 94 valence electrons. The summed E-state index contributed by atoms with van der Waals surface area (Å²) in [6, 6.07) is 0. The van der Waals surface area contributed by atoms with Gasteiger partial charge in [-0.15, -0.1) is 0 Å². The maximum atomic E-state index is 9.10. The van der Waals surface area contributed by atoms with E-state index in [0.29, 0.717) is 0 Å². The number of aliphatic carboxylic acids is 4. The number of carbonyl (C=O) groups is 4. The minimum absolute atomic E-state index is 0. The molecule has 2 radical (unpaired) electrons. The summed E-state index contributed by atoms with van der Waals surface area (Å²) in [7, 11) is 0. The topological polar surface area (TPSA) is 181 Å². The van der Waals surface area contributed by atoms with Crippen LogP contribution in [0.5, 0.6) is 0 Å². The third-order valence-electron chi connectivity index (χ3n) is 0.366. The second-order valence-electron chi connectivity index (χ2n) is 1.22. The molecule has 11 heteroatoms. The zero-order valence-electron chi connectivity index (χ0n) is 6.59. The molecular weight excluding hydrogens is 310 g/mol. The average molecular weight is 316 g/mol. The molecular formula is C4H6Co2O9. The zero-order valence-corrected chi connectivity index (χ0v) is 8.67. The zero-order chi connectivity index (χ0) is 10.3.